The van der Waals surface area contributed by atoms with Crippen LogP contribution in [0.4, 0.5) is 5.82 Å². The van der Waals surface area contributed by atoms with E-state index in [1.807, 2.05) is 36.5 Å². The minimum Gasteiger partial charge on any atom is -0.394 e. The van der Waals surface area contributed by atoms with Gasteiger partial charge in [-0.05, 0) is 5.56 Å². The zero-order valence-corrected chi connectivity index (χ0v) is 13.5. The molecular formula is C17H20N4O4. The third-order valence-corrected chi connectivity index (χ3v) is 3.99. The topological polar surface area (TPSA) is 127 Å². The maximum absolute atomic E-state index is 9.65. The van der Waals surface area contributed by atoms with Crippen molar-refractivity contribution in [2.45, 2.75) is 18.9 Å². The number of hydrogen-bond acceptors (Lipinski definition) is 7. The number of benzene rings is 1. The standard InChI is InChI=1S/C17H20N4O4/c18-16-15-12(11-4-2-1-3-5-11)6-21(17(15)20-9-19-16)10-25-14(8-23)13(24)7-22/h1-6,9,13-14,22-24H,7-8,10H2,(H2,18,19,20)/t13-,14?/m1/s1. The average molecular weight is 344 g/mol. The highest BCUT2D eigenvalue weighted by Crippen LogP contribution is 2.32. The van der Waals surface area contributed by atoms with Crippen LogP contribution in [0.1, 0.15) is 0 Å². The van der Waals surface area contributed by atoms with E-state index in [1.165, 1.54) is 6.33 Å². The molecule has 5 N–H and O–H groups in total. The van der Waals surface area contributed by atoms with E-state index >= 15 is 0 Å². The molecule has 0 spiro atoms. The molecule has 1 aromatic carbocycles. The fourth-order valence-electron chi connectivity index (χ4n) is 2.66. The zero-order chi connectivity index (χ0) is 17.8. The molecule has 0 radical (unpaired) electrons. The van der Waals surface area contributed by atoms with Crippen LogP contribution in [-0.4, -0.2) is 55.3 Å². The van der Waals surface area contributed by atoms with Crippen LogP contribution in [0.15, 0.2) is 42.9 Å². The summed E-state index contributed by atoms with van der Waals surface area (Å²) in [6, 6.07) is 9.69. The van der Waals surface area contributed by atoms with Gasteiger partial charge in [-0.2, -0.15) is 0 Å². The molecule has 0 aliphatic rings. The van der Waals surface area contributed by atoms with Crippen LogP contribution in [0.5, 0.6) is 0 Å². The first-order valence-corrected chi connectivity index (χ1v) is 7.81. The van der Waals surface area contributed by atoms with Crippen LogP contribution >= 0.6 is 0 Å². The first-order chi connectivity index (χ1) is 12.2. The summed E-state index contributed by atoms with van der Waals surface area (Å²) in [5, 5.41) is 28.7. The average Bonchev–Trinajstić information content (AvgIpc) is 3.03. The Labute approximate surface area is 144 Å². The van der Waals surface area contributed by atoms with Gasteiger partial charge in [-0.15, -0.1) is 0 Å². The summed E-state index contributed by atoms with van der Waals surface area (Å²) in [7, 11) is 0. The van der Waals surface area contributed by atoms with Gasteiger partial charge in [0.05, 0.1) is 18.6 Å². The number of ether oxygens (including phenoxy) is 1. The summed E-state index contributed by atoms with van der Waals surface area (Å²) < 4.78 is 7.25. The van der Waals surface area contributed by atoms with Crippen molar-refractivity contribution >= 4 is 16.9 Å². The predicted octanol–water partition coefficient (Wildman–Crippen LogP) is 0.369. The van der Waals surface area contributed by atoms with Crippen molar-refractivity contribution in [3.63, 3.8) is 0 Å². The Kier molecular flexibility index (Phi) is 5.25. The Hall–Kier alpha value is -2.52. The lowest BCUT2D eigenvalue weighted by Crippen LogP contribution is -2.35. The van der Waals surface area contributed by atoms with Gasteiger partial charge in [-0.3, -0.25) is 0 Å². The maximum Gasteiger partial charge on any atom is 0.148 e. The van der Waals surface area contributed by atoms with Gasteiger partial charge >= 0.3 is 0 Å². The minimum atomic E-state index is -1.17. The Morgan fingerprint density at radius 2 is 1.88 bits per heavy atom. The predicted molar refractivity (Wildman–Crippen MR) is 92.4 cm³/mol. The van der Waals surface area contributed by atoms with E-state index in [2.05, 4.69) is 9.97 Å². The SMILES string of the molecule is Nc1ncnc2c1c(-c1ccccc1)cn2COC(CO)[C@H](O)CO. The Morgan fingerprint density at radius 1 is 1.12 bits per heavy atom. The number of aromatic nitrogens is 3. The zero-order valence-electron chi connectivity index (χ0n) is 13.5. The molecule has 0 amide bonds. The van der Waals surface area contributed by atoms with Crippen molar-refractivity contribution in [1.82, 2.24) is 14.5 Å². The highest BCUT2D eigenvalue weighted by molar-refractivity contribution is 6.00. The van der Waals surface area contributed by atoms with Crippen LogP contribution < -0.4 is 5.73 Å². The maximum atomic E-state index is 9.65. The van der Waals surface area contributed by atoms with Gasteiger partial charge in [0.25, 0.3) is 0 Å². The lowest BCUT2D eigenvalue weighted by atomic mass is 10.1. The molecule has 2 aromatic heterocycles. The molecular weight excluding hydrogens is 324 g/mol. The van der Waals surface area contributed by atoms with Gasteiger partial charge in [-0.25, -0.2) is 9.97 Å². The van der Waals surface area contributed by atoms with Crippen molar-refractivity contribution in [2.75, 3.05) is 18.9 Å². The van der Waals surface area contributed by atoms with Crippen LogP contribution in [0.3, 0.4) is 0 Å². The van der Waals surface area contributed by atoms with Gasteiger partial charge in [0.2, 0.25) is 0 Å². The molecule has 0 bridgehead atoms. The Balaban J connectivity index is 1.98. The summed E-state index contributed by atoms with van der Waals surface area (Å²) in [6.07, 6.45) is 1.14. The molecule has 8 nitrogen and oxygen atoms in total. The molecule has 25 heavy (non-hydrogen) atoms. The van der Waals surface area contributed by atoms with Crippen molar-refractivity contribution in [3.8, 4) is 11.1 Å². The molecule has 0 aliphatic carbocycles. The number of anilines is 1. The normalized spacial score (nSPS) is 13.9. The van der Waals surface area contributed by atoms with Gasteiger partial charge in [-0.1, -0.05) is 30.3 Å². The monoisotopic (exact) mass is 344 g/mol. The Bertz CT molecular complexity index is 837. The fraction of sp³-hybridized carbons (Fsp3) is 0.294. The van der Waals surface area contributed by atoms with Gasteiger partial charge in [0, 0.05) is 11.8 Å². The number of aliphatic hydroxyl groups is 3. The van der Waals surface area contributed by atoms with Crippen LogP contribution in [-0.2, 0) is 11.5 Å². The van der Waals surface area contributed by atoms with E-state index in [1.54, 1.807) is 4.57 Å². The smallest absolute Gasteiger partial charge is 0.148 e. The number of fused-ring (bicyclic) bond motifs is 1. The van der Waals surface area contributed by atoms with E-state index in [9.17, 15) is 10.2 Å². The minimum absolute atomic E-state index is 0.0298. The highest BCUT2D eigenvalue weighted by atomic mass is 16.5. The van der Waals surface area contributed by atoms with Crippen LogP contribution in [0, 0.1) is 0 Å². The summed E-state index contributed by atoms with van der Waals surface area (Å²) in [4.78, 5) is 8.33. The lowest BCUT2D eigenvalue weighted by Gasteiger charge is -2.20. The summed E-state index contributed by atoms with van der Waals surface area (Å²) in [6.45, 7) is -0.881. The number of aliphatic hydroxyl groups excluding tert-OH is 3. The second kappa shape index (κ2) is 7.58. The van der Waals surface area contributed by atoms with Crippen LogP contribution in [0.2, 0.25) is 0 Å². The van der Waals surface area contributed by atoms with Gasteiger partial charge in [0.15, 0.2) is 0 Å². The molecule has 3 rings (SSSR count). The molecule has 0 saturated heterocycles. The van der Waals surface area contributed by atoms with Crippen molar-refractivity contribution in [2.24, 2.45) is 0 Å². The molecule has 0 aliphatic heterocycles. The number of nitrogens with zero attached hydrogens (tertiary/aromatic N) is 3. The molecule has 2 heterocycles. The molecule has 132 valence electrons. The molecule has 2 atom stereocenters. The van der Waals surface area contributed by atoms with Crippen molar-refractivity contribution in [1.29, 1.82) is 0 Å². The summed E-state index contributed by atoms with van der Waals surface area (Å²) in [5.41, 5.74) is 8.45. The van der Waals surface area contributed by atoms with E-state index < -0.39 is 25.4 Å². The van der Waals surface area contributed by atoms with Crippen LogP contribution in [0.25, 0.3) is 22.2 Å². The number of hydrogen-bond donors (Lipinski definition) is 4. The van der Waals surface area contributed by atoms with E-state index in [-0.39, 0.29) is 6.73 Å². The summed E-state index contributed by atoms with van der Waals surface area (Å²) in [5.74, 6) is 0.358. The second-order valence-corrected chi connectivity index (χ2v) is 5.60. The quantitative estimate of drug-likeness (QED) is 0.488. The number of rotatable bonds is 7. The molecule has 0 fully saturated rings. The molecule has 3 aromatic rings. The number of nitrogens with two attached hydrogens (primary N) is 1. The highest BCUT2D eigenvalue weighted by Gasteiger charge is 2.20. The number of nitrogen functional groups attached to an aromatic ring is 1. The van der Waals surface area contributed by atoms with E-state index in [0.717, 1.165) is 11.1 Å². The third-order valence-electron chi connectivity index (χ3n) is 3.99. The van der Waals surface area contributed by atoms with Crippen molar-refractivity contribution in [3.05, 3.63) is 42.9 Å². The third kappa shape index (κ3) is 3.47. The van der Waals surface area contributed by atoms with E-state index in [4.69, 9.17) is 15.6 Å². The first kappa shape index (κ1) is 17.3. The molecule has 0 saturated carbocycles. The molecule has 1 unspecified atom stereocenters. The first-order valence-electron chi connectivity index (χ1n) is 7.81. The second-order valence-electron chi connectivity index (χ2n) is 5.60. The van der Waals surface area contributed by atoms with Crippen molar-refractivity contribution < 1.29 is 20.1 Å². The fourth-order valence-corrected chi connectivity index (χ4v) is 2.66. The largest absolute Gasteiger partial charge is 0.394 e. The van der Waals surface area contributed by atoms with Gasteiger partial charge < -0.3 is 30.4 Å². The summed E-state index contributed by atoms with van der Waals surface area (Å²) >= 11 is 0. The Morgan fingerprint density at radius 3 is 2.56 bits per heavy atom. The van der Waals surface area contributed by atoms with E-state index in [0.29, 0.717) is 16.9 Å². The molecule has 8 heteroatoms. The lowest BCUT2D eigenvalue weighted by molar-refractivity contribution is -0.0996. The van der Waals surface area contributed by atoms with Gasteiger partial charge in [0.1, 0.15) is 36.7 Å².